The Bertz CT molecular complexity index is 589. The fourth-order valence-electron chi connectivity index (χ4n) is 1.81. The molecule has 0 radical (unpaired) electrons. The molecular formula is C15H18ClN3S. The SMILES string of the molecule is CCC(N)Cc1c(Cl)cccc1Sc1nccc(C)n1. The van der Waals surface area contributed by atoms with Gasteiger partial charge in [-0.15, -0.1) is 0 Å². The molecule has 0 saturated carbocycles. The van der Waals surface area contributed by atoms with Crippen molar-refractivity contribution in [1.82, 2.24) is 9.97 Å². The van der Waals surface area contributed by atoms with Crippen LogP contribution in [-0.4, -0.2) is 16.0 Å². The fraction of sp³-hybridized carbons (Fsp3) is 0.333. The minimum Gasteiger partial charge on any atom is -0.327 e. The summed E-state index contributed by atoms with van der Waals surface area (Å²) in [6.07, 6.45) is 3.47. The Morgan fingerprint density at radius 2 is 2.15 bits per heavy atom. The smallest absolute Gasteiger partial charge is 0.192 e. The summed E-state index contributed by atoms with van der Waals surface area (Å²) >= 11 is 7.85. The molecule has 2 rings (SSSR count). The molecule has 0 aliphatic heterocycles. The van der Waals surface area contributed by atoms with Gasteiger partial charge in [-0.25, -0.2) is 9.97 Å². The third-order valence-electron chi connectivity index (χ3n) is 3.04. The molecule has 0 spiro atoms. The van der Waals surface area contributed by atoms with Crippen LogP contribution < -0.4 is 5.73 Å². The molecule has 20 heavy (non-hydrogen) atoms. The zero-order valence-electron chi connectivity index (χ0n) is 11.6. The molecule has 2 aromatic rings. The maximum atomic E-state index is 6.32. The molecule has 5 heteroatoms. The summed E-state index contributed by atoms with van der Waals surface area (Å²) in [5.41, 5.74) is 8.10. The zero-order chi connectivity index (χ0) is 14.5. The predicted octanol–water partition coefficient (Wildman–Crippen LogP) is 3.87. The van der Waals surface area contributed by atoms with Crippen molar-refractivity contribution in [2.75, 3.05) is 0 Å². The van der Waals surface area contributed by atoms with E-state index < -0.39 is 0 Å². The number of halogens is 1. The second-order valence-corrected chi connectivity index (χ2v) is 6.09. The lowest BCUT2D eigenvalue weighted by molar-refractivity contribution is 0.641. The van der Waals surface area contributed by atoms with E-state index in [1.807, 2.05) is 31.2 Å². The van der Waals surface area contributed by atoms with Gasteiger partial charge in [-0.3, -0.25) is 0 Å². The van der Waals surface area contributed by atoms with Gasteiger partial charge < -0.3 is 5.73 Å². The van der Waals surface area contributed by atoms with Crippen LogP contribution in [0.3, 0.4) is 0 Å². The third-order valence-corrected chi connectivity index (χ3v) is 4.38. The first-order chi connectivity index (χ1) is 9.60. The number of hydrogen-bond donors (Lipinski definition) is 1. The van der Waals surface area contributed by atoms with E-state index in [0.29, 0.717) is 0 Å². The molecule has 1 heterocycles. The molecule has 3 nitrogen and oxygen atoms in total. The van der Waals surface area contributed by atoms with Crippen LogP contribution in [0.25, 0.3) is 0 Å². The van der Waals surface area contributed by atoms with Crippen LogP contribution in [0, 0.1) is 6.92 Å². The molecule has 1 unspecified atom stereocenters. The summed E-state index contributed by atoms with van der Waals surface area (Å²) in [4.78, 5) is 9.77. The summed E-state index contributed by atoms with van der Waals surface area (Å²) in [5, 5.41) is 1.49. The van der Waals surface area contributed by atoms with Crippen molar-refractivity contribution in [2.24, 2.45) is 5.73 Å². The number of rotatable bonds is 5. The molecule has 1 aromatic heterocycles. The van der Waals surface area contributed by atoms with Crippen LogP contribution in [0.1, 0.15) is 24.6 Å². The van der Waals surface area contributed by atoms with E-state index in [1.165, 1.54) is 11.8 Å². The molecule has 2 N–H and O–H groups in total. The second kappa shape index (κ2) is 7.07. The van der Waals surface area contributed by atoms with Gasteiger partial charge in [-0.05, 0) is 55.3 Å². The topological polar surface area (TPSA) is 51.8 Å². The third kappa shape index (κ3) is 3.95. The van der Waals surface area contributed by atoms with Crippen molar-refractivity contribution in [3.05, 3.63) is 46.7 Å². The van der Waals surface area contributed by atoms with Gasteiger partial charge in [0.15, 0.2) is 5.16 Å². The highest BCUT2D eigenvalue weighted by molar-refractivity contribution is 7.99. The first-order valence-corrected chi connectivity index (χ1v) is 7.80. The van der Waals surface area contributed by atoms with Gasteiger partial charge in [0.2, 0.25) is 0 Å². The molecule has 0 saturated heterocycles. The van der Waals surface area contributed by atoms with Gasteiger partial charge in [0.1, 0.15) is 0 Å². The van der Waals surface area contributed by atoms with E-state index in [4.69, 9.17) is 17.3 Å². The van der Waals surface area contributed by atoms with Gasteiger partial charge >= 0.3 is 0 Å². The van der Waals surface area contributed by atoms with Crippen molar-refractivity contribution in [1.29, 1.82) is 0 Å². The Labute approximate surface area is 129 Å². The van der Waals surface area contributed by atoms with E-state index in [9.17, 15) is 0 Å². The number of aromatic nitrogens is 2. The number of hydrogen-bond acceptors (Lipinski definition) is 4. The Morgan fingerprint density at radius 3 is 2.85 bits per heavy atom. The van der Waals surface area contributed by atoms with Crippen LogP contribution in [0.4, 0.5) is 0 Å². The average Bonchev–Trinajstić information content (AvgIpc) is 2.42. The van der Waals surface area contributed by atoms with E-state index in [-0.39, 0.29) is 6.04 Å². The standard InChI is InChI=1S/C15H18ClN3S/c1-3-11(17)9-12-13(16)5-4-6-14(12)20-15-18-8-7-10(2)19-15/h4-8,11H,3,9,17H2,1-2H3. The highest BCUT2D eigenvalue weighted by Gasteiger charge is 2.12. The van der Waals surface area contributed by atoms with Gasteiger partial charge in [0.25, 0.3) is 0 Å². The lowest BCUT2D eigenvalue weighted by Crippen LogP contribution is -2.21. The lowest BCUT2D eigenvalue weighted by Gasteiger charge is -2.14. The van der Waals surface area contributed by atoms with E-state index >= 15 is 0 Å². The number of nitrogens with zero attached hydrogens (tertiary/aromatic N) is 2. The highest BCUT2D eigenvalue weighted by Crippen LogP contribution is 2.32. The minimum atomic E-state index is 0.118. The van der Waals surface area contributed by atoms with Gasteiger partial charge in [0.05, 0.1) is 0 Å². The van der Waals surface area contributed by atoms with Crippen LogP contribution >= 0.6 is 23.4 Å². The summed E-state index contributed by atoms with van der Waals surface area (Å²) in [7, 11) is 0. The van der Waals surface area contributed by atoms with Crippen molar-refractivity contribution >= 4 is 23.4 Å². The number of benzene rings is 1. The van der Waals surface area contributed by atoms with Crippen LogP contribution in [0.15, 0.2) is 40.5 Å². The summed E-state index contributed by atoms with van der Waals surface area (Å²) < 4.78 is 0. The summed E-state index contributed by atoms with van der Waals surface area (Å²) in [6.45, 7) is 4.04. The summed E-state index contributed by atoms with van der Waals surface area (Å²) in [5.74, 6) is 0. The van der Waals surface area contributed by atoms with E-state index in [2.05, 4.69) is 16.9 Å². The van der Waals surface area contributed by atoms with Crippen molar-refractivity contribution in [2.45, 2.75) is 42.8 Å². The maximum absolute atomic E-state index is 6.32. The lowest BCUT2D eigenvalue weighted by atomic mass is 10.0. The minimum absolute atomic E-state index is 0.118. The maximum Gasteiger partial charge on any atom is 0.192 e. The average molecular weight is 308 g/mol. The molecule has 0 aliphatic rings. The first-order valence-electron chi connectivity index (χ1n) is 6.60. The van der Waals surface area contributed by atoms with Gasteiger partial charge in [-0.1, -0.05) is 24.6 Å². The van der Waals surface area contributed by atoms with Crippen LogP contribution in [0.2, 0.25) is 5.02 Å². The van der Waals surface area contributed by atoms with Gasteiger partial charge in [0, 0.05) is 27.9 Å². The van der Waals surface area contributed by atoms with Crippen LogP contribution in [-0.2, 0) is 6.42 Å². The molecular weight excluding hydrogens is 290 g/mol. The molecule has 0 aliphatic carbocycles. The quantitative estimate of drug-likeness (QED) is 0.852. The van der Waals surface area contributed by atoms with Crippen molar-refractivity contribution in [3.63, 3.8) is 0 Å². The Balaban J connectivity index is 2.29. The fourth-order valence-corrected chi connectivity index (χ4v) is 3.08. The monoisotopic (exact) mass is 307 g/mol. The molecule has 0 fully saturated rings. The first kappa shape index (κ1) is 15.3. The highest BCUT2D eigenvalue weighted by atomic mass is 35.5. The van der Waals surface area contributed by atoms with Crippen LogP contribution in [0.5, 0.6) is 0 Å². The largest absolute Gasteiger partial charge is 0.327 e. The molecule has 1 aromatic carbocycles. The van der Waals surface area contributed by atoms with E-state index in [0.717, 1.165) is 39.2 Å². The molecule has 0 amide bonds. The summed E-state index contributed by atoms with van der Waals surface area (Å²) in [6, 6.07) is 7.89. The Hall–Kier alpha value is -1.10. The molecule has 1 atom stereocenters. The van der Waals surface area contributed by atoms with E-state index in [1.54, 1.807) is 6.20 Å². The predicted molar refractivity (Wildman–Crippen MR) is 84.3 cm³/mol. The second-order valence-electron chi connectivity index (χ2n) is 4.67. The number of aryl methyl sites for hydroxylation is 1. The van der Waals surface area contributed by atoms with Crippen molar-refractivity contribution in [3.8, 4) is 0 Å². The number of nitrogens with two attached hydrogens (primary N) is 1. The normalized spacial score (nSPS) is 12.4. The molecule has 106 valence electrons. The Kier molecular flexibility index (Phi) is 5.40. The zero-order valence-corrected chi connectivity index (χ0v) is 13.2. The Morgan fingerprint density at radius 1 is 1.35 bits per heavy atom. The van der Waals surface area contributed by atoms with Gasteiger partial charge in [-0.2, -0.15) is 0 Å². The molecule has 0 bridgehead atoms. The van der Waals surface area contributed by atoms with Crippen molar-refractivity contribution < 1.29 is 0 Å².